The van der Waals surface area contributed by atoms with Crippen LogP contribution in [0, 0.1) is 0 Å². The Kier molecular flexibility index (Phi) is 5.44. The molecule has 124 valence electrons. The molecule has 0 atom stereocenters. The highest BCUT2D eigenvalue weighted by atomic mass is 35.5. The second-order valence-corrected chi connectivity index (χ2v) is 6.63. The van der Waals surface area contributed by atoms with Gasteiger partial charge in [-0.05, 0) is 31.9 Å². The van der Waals surface area contributed by atoms with Crippen LogP contribution in [-0.4, -0.2) is 16.9 Å². The highest BCUT2D eigenvalue weighted by Gasteiger charge is 2.19. The van der Waals surface area contributed by atoms with E-state index in [1.165, 1.54) is 10.9 Å². The lowest BCUT2D eigenvalue weighted by molar-refractivity contribution is 0.185. The summed E-state index contributed by atoms with van der Waals surface area (Å²) in [6, 6.07) is 7.84. The fraction of sp³-hybridized carbons (Fsp3) is 0.412. The van der Waals surface area contributed by atoms with Crippen molar-refractivity contribution in [1.82, 2.24) is 9.78 Å². The summed E-state index contributed by atoms with van der Waals surface area (Å²) in [4.78, 5) is 12.2. The predicted molar refractivity (Wildman–Crippen MR) is 90.0 cm³/mol. The van der Waals surface area contributed by atoms with Crippen molar-refractivity contribution in [1.29, 1.82) is 0 Å². The molecule has 0 N–H and O–H groups in total. The number of ether oxygens (including phenoxy) is 2. The van der Waals surface area contributed by atoms with Crippen molar-refractivity contribution in [3.63, 3.8) is 0 Å². The molecule has 1 aromatic heterocycles. The van der Waals surface area contributed by atoms with E-state index >= 15 is 0 Å². The molecule has 0 fully saturated rings. The lowest BCUT2D eigenvalue weighted by Gasteiger charge is -2.21. The summed E-state index contributed by atoms with van der Waals surface area (Å²) in [6.07, 6.45) is 1.48. The van der Waals surface area contributed by atoms with Gasteiger partial charge in [-0.2, -0.15) is 5.10 Å². The first-order chi connectivity index (χ1) is 10.8. The van der Waals surface area contributed by atoms with E-state index in [1.54, 1.807) is 7.11 Å². The van der Waals surface area contributed by atoms with Crippen LogP contribution < -0.4 is 10.3 Å². The maximum Gasteiger partial charge on any atom is 0.289 e. The maximum atomic E-state index is 12.2. The van der Waals surface area contributed by atoms with Crippen LogP contribution in [0.1, 0.15) is 31.9 Å². The number of hydrogen-bond acceptors (Lipinski definition) is 4. The fourth-order valence-electron chi connectivity index (χ4n) is 2.06. The Morgan fingerprint density at radius 2 is 1.70 bits per heavy atom. The first-order valence-corrected chi connectivity index (χ1v) is 7.68. The second-order valence-electron chi connectivity index (χ2n) is 6.25. The van der Waals surface area contributed by atoms with Crippen molar-refractivity contribution in [2.24, 2.45) is 0 Å². The third-order valence-corrected chi connectivity index (χ3v) is 3.60. The zero-order valence-electron chi connectivity index (χ0n) is 13.8. The molecule has 5 nitrogen and oxygen atoms in total. The first kappa shape index (κ1) is 17.5. The SMILES string of the molecule is COCc1ccc(COc2cnn(C(C)(C)C)c(=O)c2Cl)cc1. The van der Waals surface area contributed by atoms with Gasteiger partial charge in [-0.3, -0.25) is 4.79 Å². The highest BCUT2D eigenvalue weighted by molar-refractivity contribution is 6.31. The molecule has 2 aromatic rings. The molecular formula is C17H21ClN2O3. The van der Waals surface area contributed by atoms with Crippen LogP contribution in [0.3, 0.4) is 0 Å². The Hall–Kier alpha value is -1.85. The summed E-state index contributed by atoms with van der Waals surface area (Å²) in [6.45, 7) is 6.55. The molecule has 0 unspecified atom stereocenters. The van der Waals surface area contributed by atoms with Gasteiger partial charge < -0.3 is 9.47 Å². The monoisotopic (exact) mass is 336 g/mol. The Balaban J connectivity index is 2.12. The zero-order valence-corrected chi connectivity index (χ0v) is 14.6. The van der Waals surface area contributed by atoms with Crippen molar-refractivity contribution in [2.45, 2.75) is 39.5 Å². The first-order valence-electron chi connectivity index (χ1n) is 7.31. The largest absolute Gasteiger partial charge is 0.485 e. The van der Waals surface area contributed by atoms with Crippen LogP contribution in [0.4, 0.5) is 0 Å². The van der Waals surface area contributed by atoms with Gasteiger partial charge in [0.25, 0.3) is 5.56 Å². The van der Waals surface area contributed by atoms with E-state index in [0.29, 0.717) is 13.2 Å². The maximum absolute atomic E-state index is 12.2. The van der Waals surface area contributed by atoms with Crippen LogP contribution in [-0.2, 0) is 23.5 Å². The van der Waals surface area contributed by atoms with Gasteiger partial charge in [0.1, 0.15) is 6.61 Å². The minimum absolute atomic E-state index is 0.0472. The smallest absolute Gasteiger partial charge is 0.289 e. The van der Waals surface area contributed by atoms with E-state index in [-0.39, 0.29) is 16.3 Å². The topological polar surface area (TPSA) is 53.4 Å². The number of rotatable bonds is 5. The van der Waals surface area contributed by atoms with E-state index in [1.807, 2.05) is 45.0 Å². The lowest BCUT2D eigenvalue weighted by atomic mass is 10.1. The molecule has 0 radical (unpaired) electrons. The molecule has 0 amide bonds. The molecule has 0 bridgehead atoms. The molecule has 1 heterocycles. The minimum atomic E-state index is -0.434. The van der Waals surface area contributed by atoms with Gasteiger partial charge >= 0.3 is 0 Å². The van der Waals surface area contributed by atoms with Gasteiger partial charge in [-0.25, -0.2) is 4.68 Å². The van der Waals surface area contributed by atoms with Crippen LogP contribution in [0.2, 0.25) is 5.02 Å². The molecule has 0 saturated heterocycles. The Morgan fingerprint density at radius 3 is 2.22 bits per heavy atom. The summed E-state index contributed by atoms with van der Waals surface area (Å²) < 4.78 is 12.1. The van der Waals surface area contributed by atoms with E-state index in [0.717, 1.165) is 11.1 Å². The molecule has 2 rings (SSSR count). The summed E-state index contributed by atoms with van der Waals surface area (Å²) in [5.74, 6) is 0.290. The van der Waals surface area contributed by atoms with Gasteiger partial charge in [0, 0.05) is 7.11 Å². The van der Waals surface area contributed by atoms with Crippen LogP contribution in [0.5, 0.6) is 5.75 Å². The number of benzene rings is 1. The molecule has 0 saturated carbocycles. The van der Waals surface area contributed by atoms with Gasteiger partial charge in [0.05, 0.1) is 18.3 Å². The van der Waals surface area contributed by atoms with Crippen LogP contribution in [0.25, 0.3) is 0 Å². The Bertz CT molecular complexity index is 718. The van der Waals surface area contributed by atoms with Gasteiger partial charge in [-0.15, -0.1) is 0 Å². The summed E-state index contributed by atoms with van der Waals surface area (Å²) in [7, 11) is 1.66. The average molecular weight is 337 g/mol. The number of nitrogens with zero attached hydrogens (tertiary/aromatic N) is 2. The molecule has 23 heavy (non-hydrogen) atoms. The van der Waals surface area contributed by atoms with Gasteiger partial charge in [-0.1, -0.05) is 35.9 Å². The summed E-state index contributed by atoms with van der Waals surface area (Å²) >= 11 is 6.12. The number of halogens is 1. The average Bonchev–Trinajstić information content (AvgIpc) is 2.49. The van der Waals surface area contributed by atoms with Crippen molar-refractivity contribution in [2.75, 3.05) is 7.11 Å². The quantitative estimate of drug-likeness (QED) is 0.840. The van der Waals surface area contributed by atoms with Crippen molar-refractivity contribution in [3.8, 4) is 5.75 Å². The molecule has 0 aliphatic rings. The minimum Gasteiger partial charge on any atom is -0.485 e. The number of hydrogen-bond donors (Lipinski definition) is 0. The van der Waals surface area contributed by atoms with Gasteiger partial charge in [0.15, 0.2) is 10.8 Å². The highest BCUT2D eigenvalue weighted by Crippen LogP contribution is 2.21. The molecule has 0 aliphatic heterocycles. The standard InChI is InChI=1S/C17H21ClN2O3/c1-17(2,3)20-16(21)15(18)14(9-19-20)23-11-13-7-5-12(6-8-13)10-22-4/h5-9H,10-11H2,1-4H3. The Labute approximate surface area is 140 Å². The summed E-state index contributed by atoms with van der Waals surface area (Å²) in [5, 5.41) is 4.19. The zero-order chi connectivity index (χ0) is 17.0. The third-order valence-electron chi connectivity index (χ3n) is 3.25. The third kappa shape index (κ3) is 4.33. The number of aromatic nitrogens is 2. The van der Waals surface area contributed by atoms with Crippen molar-refractivity contribution < 1.29 is 9.47 Å². The second kappa shape index (κ2) is 7.15. The fourth-order valence-corrected chi connectivity index (χ4v) is 2.24. The van der Waals surface area contributed by atoms with E-state index in [2.05, 4.69) is 5.10 Å². The molecule has 1 aromatic carbocycles. The Morgan fingerprint density at radius 1 is 1.13 bits per heavy atom. The normalized spacial score (nSPS) is 11.5. The van der Waals surface area contributed by atoms with Crippen molar-refractivity contribution >= 4 is 11.6 Å². The van der Waals surface area contributed by atoms with Crippen LogP contribution >= 0.6 is 11.6 Å². The lowest BCUT2D eigenvalue weighted by Crippen LogP contribution is -2.36. The number of methoxy groups -OCH3 is 1. The van der Waals surface area contributed by atoms with Crippen LogP contribution in [0.15, 0.2) is 35.3 Å². The molecule has 0 spiro atoms. The predicted octanol–water partition coefficient (Wildman–Crippen LogP) is 3.38. The van der Waals surface area contributed by atoms with Crippen molar-refractivity contribution in [3.05, 3.63) is 57.0 Å². The van der Waals surface area contributed by atoms with E-state index < -0.39 is 5.54 Å². The van der Waals surface area contributed by atoms with E-state index in [9.17, 15) is 4.79 Å². The summed E-state index contributed by atoms with van der Waals surface area (Å²) in [5.41, 5.74) is 1.27. The van der Waals surface area contributed by atoms with Gasteiger partial charge in [0.2, 0.25) is 0 Å². The molecule has 6 heteroatoms. The molecule has 0 aliphatic carbocycles. The molecular weight excluding hydrogens is 316 g/mol. The van der Waals surface area contributed by atoms with E-state index in [4.69, 9.17) is 21.1 Å².